The summed E-state index contributed by atoms with van der Waals surface area (Å²) in [6, 6.07) is 9.96. The molecular weight excluding hydrogens is 252 g/mol. The van der Waals surface area contributed by atoms with Gasteiger partial charge in [-0.1, -0.05) is 18.2 Å². The minimum absolute atomic E-state index is 0.109. The van der Waals surface area contributed by atoms with E-state index in [2.05, 4.69) is 18.7 Å². The minimum Gasteiger partial charge on any atom is -0.494 e. The first-order chi connectivity index (χ1) is 9.59. The third-order valence-electron chi connectivity index (χ3n) is 3.45. The van der Waals surface area contributed by atoms with E-state index in [1.807, 2.05) is 30.3 Å². The van der Waals surface area contributed by atoms with Crippen molar-refractivity contribution in [2.75, 3.05) is 32.8 Å². The third-order valence-corrected chi connectivity index (χ3v) is 3.45. The molecule has 1 aromatic rings. The normalized spacial score (nSPS) is 22.6. The highest BCUT2D eigenvalue weighted by Gasteiger charge is 2.32. The Morgan fingerprint density at radius 3 is 2.80 bits per heavy atom. The lowest BCUT2D eigenvalue weighted by Crippen LogP contribution is -2.54. The molecule has 1 fully saturated rings. The van der Waals surface area contributed by atoms with E-state index in [0.717, 1.165) is 38.4 Å². The van der Waals surface area contributed by atoms with Gasteiger partial charge in [0.2, 0.25) is 0 Å². The van der Waals surface area contributed by atoms with Crippen molar-refractivity contribution in [2.24, 2.45) is 5.73 Å². The van der Waals surface area contributed by atoms with Gasteiger partial charge in [0.05, 0.1) is 18.3 Å². The Balaban J connectivity index is 1.71. The number of hydrogen-bond acceptors (Lipinski definition) is 4. The van der Waals surface area contributed by atoms with Crippen molar-refractivity contribution in [3.63, 3.8) is 0 Å². The molecule has 0 radical (unpaired) electrons. The Morgan fingerprint density at radius 1 is 1.35 bits per heavy atom. The monoisotopic (exact) mass is 278 g/mol. The van der Waals surface area contributed by atoms with Crippen LogP contribution in [-0.4, -0.2) is 49.4 Å². The van der Waals surface area contributed by atoms with E-state index in [-0.39, 0.29) is 11.7 Å². The van der Waals surface area contributed by atoms with Crippen LogP contribution in [0.15, 0.2) is 30.3 Å². The number of ether oxygens (including phenoxy) is 2. The molecule has 1 aliphatic heterocycles. The van der Waals surface area contributed by atoms with E-state index in [9.17, 15) is 0 Å². The van der Waals surface area contributed by atoms with Crippen LogP contribution in [0.2, 0.25) is 0 Å². The fraction of sp³-hybridized carbons (Fsp3) is 0.625. The first-order valence-electron chi connectivity index (χ1n) is 7.37. The zero-order valence-corrected chi connectivity index (χ0v) is 12.5. The third kappa shape index (κ3) is 4.78. The van der Waals surface area contributed by atoms with Crippen molar-refractivity contribution in [2.45, 2.75) is 32.0 Å². The molecule has 2 rings (SSSR count). The van der Waals surface area contributed by atoms with Crippen LogP contribution in [0.4, 0.5) is 0 Å². The molecule has 0 amide bonds. The van der Waals surface area contributed by atoms with Crippen molar-refractivity contribution >= 4 is 0 Å². The maximum absolute atomic E-state index is 5.93. The summed E-state index contributed by atoms with van der Waals surface area (Å²) in [5, 5.41) is 0. The molecule has 1 saturated heterocycles. The van der Waals surface area contributed by atoms with Gasteiger partial charge in [-0.3, -0.25) is 4.90 Å². The van der Waals surface area contributed by atoms with Crippen molar-refractivity contribution in [1.82, 2.24) is 4.90 Å². The van der Waals surface area contributed by atoms with Crippen LogP contribution in [0.1, 0.15) is 20.3 Å². The molecule has 4 heteroatoms. The lowest BCUT2D eigenvalue weighted by molar-refractivity contribution is -0.132. The average molecular weight is 278 g/mol. The van der Waals surface area contributed by atoms with Crippen molar-refractivity contribution in [3.05, 3.63) is 30.3 Å². The van der Waals surface area contributed by atoms with Gasteiger partial charge in [0.15, 0.2) is 0 Å². The zero-order valence-electron chi connectivity index (χ0n) is 12.5. The van der Waals surface area contributed by atoms with Crippen LogP contribution in [0.3, 0.4) is 0 Å². The molecule has 4 nitrogen and oxygen atoms in total. The van der Waals surface area contributed by atoms with Crippen molar-refractivity contribution < 1.29 is 9.47 Å². The first kappa shape index (κ1) is 15.3. The summed E-state index contributed by atoms with van der Waals surface area (Å²) in [7, 11) is 0. The first-order valence-corrected chi connectivity index (χ1v) is 7.37. The van der Waals surface area contributed by atoms with Gasteiger partial charge in [-0.05, 0) is 32.4 Å². The summed E-state index contributed by atoms with van der Waals surface area (Å²) in [6.45, 7) is 8.48. The standard InChI is InChI=1S/C16H26N2O2/c1-16(2)13-18(12-15(11-17)20-16)9-6-10-19-14-7-4-3-5-8-14/h3-5,7-8,15H,6,9-13,17H2,1-2H3. The molecule has 1 aromatic carbocycles. The Bertz CT molecular complexity index is 395. The van der Waals surface area contributed by atoms with Gasteiger partial charge in [0, 0.05) is 26.2 Å². The Labute approximate surface area is 121 Å². The molecule has 1 heterocycles. The van der Waals surface area contributed by atoms with Crippen molar-refractivity contribution in [1.29, 1.82) is 0 Å². The molecule has 112 valence electrons. The molecular formula is C16H26N2O2. The molecule has 0 bridgehead atoms. The summed E-state index contributed by atoms with van der Waals surface area (Å²) in [4.78, 5) is 2.43. The molecule has 0 spiro atoms. The number of para-hydroxylation sites is 1. The van der Waals surface area contributed by atoms with E-state index in [4.69, 9.17) is 15.2 Å². The fourth-order valence-corrected chi connectivity index (χ4v) is 2.70. The van der Waals surface area contributed by atoms with Gasteiger partial charge in [-0.25, -0.2) is 0 Å². The van der Waals surface area contributed by atoms with Crippen LogP contribution >= 0.6 is 0 Å². The number of benzene rings is 1. The molecule has 1 atom stereocenters. The van der Waals surface area contributed by atoms with Crippen LogP contribution < -0.4 is 10.5 Å². The van der Waals surface area contributed by atoms with Gasteiger partial charge in [0.1, 0.15) is 5.75 Å². The number of hydrogen-bond donors (Lipinski definition) is 1. The van der Waals surface area contributed by atoms with Gasteiger partial charge < -0.3 is 15.2 Å². The molecule has 1 unspecified atom stereocenters. The summed E-state index contributed by atoms with van der Waals surface area (Å²) >= 11 is 0. The minimum atomic E-state index is -0.109. The zero-order chi connectivity index (χ0) is 14.4. The number of nitrogens with two attached hydrogens (primary N) is 1. The van der Waals surface area contributed by atoms with E-state index >= 15 is 0 Å². The SMILES string of the molecule is CC1(C)CN(CCCOc2ccccc2)CC(CN)O1. The van der Waals surface area contributed by atoms with Crippen LogP contribution in [0.5, 0.6) is 5.75 Å². The molecule has 0 aliphatic carbocycles. The van der Waals surface area contributed by atoms with Crippen LogP contribution in [0.25, 0.3) is 0 Å². The highest BCUT2D eigenvalue weighted by atomic mass is 16.5. The predicted molar refractivity (Wildman–Crippen MR) is 81.0 cm³/mol. The van der Waals surface area contributed by atoms with E-state index in [1.54, 1.807) is 0 Å². The highest BCUT2D eigenvalue weighted by Crippen LogP contribution is 2.20. The lowest BCUT2D eigenvalue weighted by atomic mass is 10.0. The highest BCUT2D eigenvalue weighted by molar-refractivity contribution is 5.20. The van der Waals surface area contributed by atoms with E-state index < -0.39 is 0 Å². The summed E-state index contributed by atoms with van der Waals surface area (Å²) in [6.07, 6.45) is 1.16. The van der Waals surface area contributed by atoms with Crippen LogP contribution in [-0.2, 0) is 4.74 Å². The average Bonchev–Trinajstić information content (AvgIpc) is 2.43. The second kappa shape index (κ2) is 7.07. The molecule has 2 N–H and O–H groups in total. The number of nitrogens with zero attached hydrogens (tertiary/aromatic N) is 1. The smallest absolute Gasteiger partial charge is 0.119 e. The molecule has 20 heavy (non-hydrogen) atoms. The lowest BCUT2D eigenvalue weighted by Gasteiger charge is -2.42. The topological polar surface area (TPSA) is 47.7 Å². The van der Waals surface area contributed by atoms with Crippen LogP contribution in [0, 0.1) is 0 Å². The maximum Gasteiger partial charge on any atom is 0.119 e. The second-order valence-corrected chi connectivity index (χ2v) is 5.99. The summed E-state index contributed by atoms with van der Waals surface area (Å²) in [5.41, 5.74) is 5.63. The summed E-state index contributed by atoms with van der Waals surface area (Å²) in [5.74, 6) is 0.939. The van der Waals surface area contributed by atoms with E-state index in [1.165, 1.54) is 0 Å². The van der Waals surface area contributed by atoms with Crippen molar-refractivity contribution in [3.8, 4) is 5.75 Å². The van der Waals surface area contributed by atoms with Gasteiger partial charge in [-0.15, -0.1) is 0 Å². The second-order valence-electron chi connectivity index (χ2n) is 5.99. The van der Waals surface area contributed by atoms with Gasteiger partial charge in [0.25, 0.3) is 0 Å². The molecule has 1 aliphatic rings. The molecule has 0 aromatic heterocycles. The summed E-state index contributed by atoms with van der Waals surface area (Å²) < 4.78 is 11.7. The predicted octanol–water partition coefficient (Wildman–Crippen LogP) is 1.89. The Hall–Kier alpha value is -1.10. The Morgan fingerprint density at radius 2 is 2.10 bits per heavy atom. The number of morpholine rings is 1. The maximum atomic E-state index is 5.93. The largest absolute Gasteiger partial charge is 0.494 e. The quantitative estimate of drug-likeness (QED) is 0.807. The van der Waals surface area contributed by atoms with Gasteiger partial charge in [-0.2, -0.15) is 0 Å². The fourth-order valence-electron chi connectivity index (χ4n) is 2.70. The Kier molecular flexibility index (Phi) is 5.40. The molecule has 0 saturated carbocycles. The van der Waals surface area contributed by atoms with Gasteiger partial charge >= 0.3 is 0 Å². The van der Waals surface area contributed by atoms with E-state index in [0.29, 0.717) is 6.54 Å². The number of rotatable bonds is 6.